The highest BCUT2D eigenvalue weighted by Crippen LogP contribution is 2.26. The number of carboxylic acids is 1. The summed E-state index contributed by atoms with van der Waals surface area (Å²) in [5.41, 5.74) is -0.478. The average Bonchev–Trinajstić information content (AvgIpc) is 2.65. The zero-order chi connectivity index (χ0) is 19.0. The molecule has 1 unspecified atom stereocenters. The molecule has 2 aromatic heterocycles. The van der Waals surface area contributed by atoms with Crippen molar-refractivity contribution in [3.05, 3.63) is 45.7 Å². The largest absolute Gasteiger partial charge is 0.549 e. The first-order valence-electron chi connectivity index (χ1n) is 7.62. The van der Waals surface area contributed by atoms with Gasteiger partial charge in [-0.25, -0.2) is 9.78 Å². The molecule has 3 rings (SSSR count). The van der Waals surface area contributed by atoms with Gasteiger partial charge in [0.2, 0.25) is 11.1 Å². The molecule has 26 heavy (non-hydrogen) atoms. The molecule has 0 fully saturated rings. The molecule has 1 aromatic carbocycles. The van der Waals surface area contributed by atoms with Gasteiger partial charge >= 0.3 is 5.97 Å². The van der Waals surface area contributed by atoms with E-state index in [-0.39, 0.29) is 33.3 Å². The zero-order valence-corrected chi connectivity index (χ0v) is 14.2. The van der Waals surface area contributed by atoms with E-state index in [1.165, 1.54) is 26.2 Å². The van der Waals surface area contributed by atoms with Crippen molar-refractivity contribution < 1.29 is 28.6 Å². The lowest BCUT2D eigenvalue weighted by atomic mass is 10.0. The van der Waals surface area contributed by atoms with Crippen LogP contribution in [0.4, 0.5) is 0 Å². The van der Waals surface area contributed by atoms with Gasteiger partial charge in [0.05, 0.1) is 42.2 Å². The molecule has 8 heteroatoms. The summed E-state index contributed by atoms with van der Waals surface area (Å²) >= 11 is 0. The van der Waals surface area contributed by atoms with Crippen molar-refractivity contribution in [1.29, 1.82) is 0 Å². The summed E-state index contributed by atoms with van der Waals surface area (Å²) in [6.45, 7) is 1.32. The smallest absolute Gasteiger partial charge is 0.339 e. The topological polar surface area (TPSA) is 119 Å². The van der Waals surface area contributed by atoms with Crippen LogP contribution < -0.4 is 15.3 Å². The molecule has 0 aliphatic carbocycles. The van der Waals surface area contributed by atoms with Crippen LogP contribution in [-0.2, 0) is 9.53 Å². The highest BCUT2D eigenvalue weighted by Gasteiger charge is 2.23. The van der Waals surface area contributed by atoms with Crippen molar-refractivity contribution in [1.82, 2.24) is 4.98 Å². The van der Waals surface area contributed by atoms with Gasteiger partial charge in [0.1, 0.15) is 11.3 Å². The molecule has 0 amide bonds. The van der Waals surface area contributed by atoms with Crippen LogP contribution in [0.25, 0.3) is 22.1 Å². The van der Waals surface area contributed by atoms with Gasteiger partial charge < -0.3 is 23.8 Å². The van der Waals surface area contributed by atoms with Crippen LogP contribution in [-0.4, -0.2) is 31.1 Å². The fraction of sp³-hybridized carbons (Fsp3) is 0.222. The molecule has 0 N–H and O–H groups in total. The second-order valence-corrected chi connectivity index (χ2v) is 5.60. The maximum Gasteiger partial charge on any atom is 0.339 e. The van der Waals surface area contributed by atoms with Crippen molar-refractivity contribution in [3.63, 3.8) is 0 Å². The van der Waals surface area contributed by atoms with Crippen molar-refractivity contribution in [2.45, 2.75) is 12.8 Å². The van der Waals surface area contributed by atoms with E-state index in [0.29, 0.717) is 5.75 Å². The van der Waals surface area contributed by atoms with Gasteiger partial charge in [0.25, 0.3) is 0 Å². The SMILES string of the molecule is COC(=O)c1cc2c(=O)c3cc(OC)ccc3oc2nc1C(C)C(=O)[O-]. The van der Waals surface area contributed by atoms with E-state index in [1.807, 2.05) is 0 Å². The van der Waals surface area contributed by atoms with Crippen LogP contribution in [0.2, 0.25) is 0 Å². The lowest BCUT2D eigenvalue weighted by molar-refractivity contribution is -0.307. The predicted octanol–water partition coefficient (Wildman–Crippen LogP) is 0.990. The number of aromatic nitrogens is 1. The van der Waals surface area contributed by atoms with Gasteiger partial charge in [0.15, 0.2) is 0 Å². The van der Waals surface area contributed by atoms with Gasteiger partial charge in [-0.15, -0.1) is 0 Å². The van der Waals surface area contributed by atoms with Crippen LogP contribution in [0.5, 0.6) is 5.75 Å². The Labute approximate surface area is 147 Å². The number of carbonyl (C=O) groups excluding carboxylic acids is 2. The maximum absolute atomic E-state index is 12.8. The first kappa shape index (κ1) is 17.4. The van der Waals surface area contributed by atoms with Gasteiger partial charge in [-0.05, 0) is 24.3 Å². The molecule has 0 spiro atoms. The van der Waals surface area contributed by atoms with E-state index in [1.54, 1.807) is 12.1 Å². The summed E-state index contributed by atoms with van der Waals surface area (Å²) in [7, 11) is 2.61. The Morgan fingerprint density at radius 1 is 1.19 bits per heavy atom. The number of fused-ring (bicyclic) bond motifs is 2. The third-order valence-electron chi connectivity index (χ3n) is 4.07. The fourth-order valence-corrected chi connectivity index (χ4v) is 2.62. The molecule has 8 nitrogen and oxygen atoms in total. The van der Waals surface area contributed by atoms with Crippen molar-refractivity contribution in [2.75, 3.05) is 14.2 Å². The summed E-state index contributed by atoms with van der Waals surface area (Å²) in [5, 5.41) is 11.5. The summed E-state index contributed by atoms with van der Waals surface area (Å²) in [4.78, 5) is 40.2. The number of aliphatic carboxylic acids is 1. The molecule has 0 aliphatic rings. The quantitative estimate of drug-likeness (QED) is 0.501. The second-order valence-electron chi connectivity index (χ2n) is 5.60. The molecule has 0 bridgehead atoms. The van der Waals surface area contributed by atoms with Gasteiger partial charge in [-0.3, -0.25) is 4.79 Å². The average molecular weight is 356 g/mol. The number of esters is 1. The number of carboxylic acid groups (broad SMARTS) is 1. The lowest BCUT2D eigenvalue weighted by Gasteiger charge is -2.15. The Hall–Kier alpha value is -3.42. The third-order valence-corrected chi connectivity index (χ3v) is 4.07. The summed E-state index contributed by atoms with van der Waals surface area (Å²) < 4.78 is 15.4. The number of hydrogen-bond acceptors (Lipinski definition) is 8. The van der Waals surface area contributed by atoms with Gasteiger partial charge in [0, 0.05) is 5.92 Å². The number of ether oxygens (including phenoxy) is 2. The molecule has 1 atom stereocenters. The molecule has 3 aromatic rings. The first-order chi connectivity index (χ1) is 12.4. The summed E-state index contributed by atoms with van der Waals surface area (Å²) in [6, 6.07) is 5.90. The van der Waals surface area contributed by atoms with Gasteiger partial charge in [-0.1, -0.05) is 6.92 Å². The maximum atomic E-state index is 12.8. The minimum absolute atomic E-state index is 0.0282. The normalized spacial score (nSPS) is 12.1. The molecule has 0 radical (unpaired) electrons. The number of rotatable bonds is 4. The van der Waals surface area contributed by atoms with E-state index in [2.05, 4.69) is 9.72 Å². The van der Waals surface area contributed by atoms with E-state index in [9.17, 15) is 19.5 Å². The molecule has 0 saturated heterocycles. The first-order valence-corrected chi connectivity index (χ1v) is 7.62. The van der Waals surface area contributed by atoms with Crippen molar-refractivity contribution in [2.24, 2.45) is 0 Å². The number of methoxy groups -OCH3 is 2. The molecule has 2 heterocycles. The lowest BCUT2D eigenvalue weighted by Crippen LogP contribution is -2.30. The van der Waals surface area contributed by atoms with E-state index in [4.69, 9.17) is 9.15 Å². The van der Waals surface area contributed by atoms with Crippen LogP contribution >= 0.6 is 0 Å². The minimum atomic E-state index is -1.42. The second kappa shape index (κ2) is 6.47. The molecule has 0 aliphatic heterocycles. The van der Waals surface area contributed by atoms with Crippen LogP contribution in [0.15, 0.2) is 33.5 Å². The van der Waals surface area contributed by atoms with Crippen molar-refractivity contribution >= 4 is 34.0 Å². The van der Waals surface area contributed by atoms with E-state index >= 15 is 0 Å². The van der Waals surface area contributed by atoms with E-state index < -0.39 is 23.3 Å². The Balaban J connectivity index is 2.40. The third kappa shape index (κ3) is 2.75. The summed E-state index contributed by atoms with van der Waals surface area (Å²) in [5.74, 6) is -2.97. The Morgan fingerprint density at radius 3 is 2.54 bits per heavy atom. The Morgan fingerprint density at radius 2 is 1.92 bits per heavy atom. The number of pyridine rings is 1. The minimum Gasteiger partial charge on any atom is -0.549 e. The molecule has 134 valence electrons. The van der Waals surface area contributed by atoms with Crippen LogP contribution in [0.3, 0.4) is 0 Å². The van der Waals surface area contributed by atoms with Crippen molar-refractivity contribution in [3.8, 4) is 5.75 Å². The number of carbonyl (C=O) groups is 2. The Bertz CT molecular complexity index is 1100. The van der Waals surface area contributed by atoms with Crippen LogP contribution in [0.1, 0.15) is 28.9 Å². The predicted molar refractivity (Wildman–Crippen MR) is 89.1 cm³/mol. The van der Waals surface area contributed by atoms with Gasteiger partial charge in [-0.2, -0.15) is 0 Å². The highest BCUT2D eigenvalue weighted by molar-refractivity contribution is 5.97. The standard InChI is InChI=1S/C18H15NO7/c1-8(17(21)22)14-11(18(23)25-3)7-12-15(20)10-6-9(24-2)4-5-13(10)26-16(12)19-14/h4-8H,1-3H3,(H,21,22)/p-1. The highest BCUT2D eigenvalue weighted by atomic mass is 16.5. The zero-order valence-electron chi connectivity index (χ0n) is 14.2. The molecule has 0 saturated carbocycles. The number of nitrogens with zero attached hydrogens (tertiary/aromatic N) is 1. The monoisotopic (exact) mass is 356 g/mol. The number of hydrogen-bond donors (Lipinski definition) is 0. The van der Waals surface area contributed by atoms with Crippen LogP contribution in [0, 0.1) is 0 Å². The Kier molecular flexibility index (Phi) is 4.33. The number of benzene rings is 1. The molecular formula is C18H14NO7-. The summed E-state index contributed by atoms with van der Waals surface area (Å²) in [6.07, 6.45) is 0. The van der Waals surface area contributed by atoms with E-state index in [0.717, 1.165) is 7.11 Å². The molecular weight excluding hydrogens is 342 g/mol. The fourth-order valence-electron chi connectivity index (χ4n) is 2.62.